The molecule has 5 rings (SSSR count). The Hall–Kier alpha value is -4.35. The fraction of sp³-hybridized carbons (Fsp3) is 0.111. The molecule has 2 aromatic heterocycles. The molecule has 0 fully saturated rings. The van der Waals surface area contributed by atoms with Crippen LogP contribution in [0.1, 0.15) is 17.0 Å². The van der Waals surface area contributed by atoms with Crippen molar-refractivity contribution in [2.45, 2.75) is 18.6 Å². The van der Waals surface area contributed by atoms with E-state index in [1.54, 1.807) is 16.7 Å². The Labute approximate surface area is 205 Å². The normalized spacial score (nSPS) is 12.0. The summed E-state index contributed by atoms with van der Waals surface area (Å²) >= 11 is 1.20. The molecule has 172 valence electrons. The summed E-state index contributed by atoms with van der Waals surface area (Å²) in [5, 5.41) is 21.5. The molecule has 0 aliphatic carbocycles. The van der Waals surface area contributed by atoms with E-state index >= 15 is 0 Å². The van der Waals surface area contributed by atoms with Crippen molar-refractivity contribution in [2.24, 2.45) is 0 Å². The zero-order valence-electron chi connectivity index (χ0n) is 18.9. The number of nitrogens with zero attached hydrogens (tertiary/aromatic N) is 4. The highest BCUT2D eigenvalue weighted by atomic mass is 32.2. The number of fused-ring (bicyclic) bond motifs is 2. The molecular weight excluding hydrogens is 458 g/mol. The Kier molecular flexibility index (Phi) is 6.08. The minimum Gasteiger partial charge on any atom is -0.510 e. The van der Waals surface area contributed by atoms with Gasteiger partial charge in [-0.1, -0.05) is 65.9 Å². The zero-order valence-corrected chi connectivity index (χ0v) is 19.7. The summed E-state index contributed by atoms with van der Waals surface area (Å²) < 4.78 is 1.61. The smallest absolute Gasteiger partial charge is 0.262 e. The molecule has 35 heavy (non-hydrogen) atoms. The summed E-state index contributed by atoms with van der Waals surface area (Å²) in [7, 11) is 0. The van der Waals surface area contributed by atoms with Crippen molar-refractivity contribution in [3.63, 3.8) is 0 Å². The maximum Gasteiger partial charge on any atom is 0.262 e. The lowest BCUT2D eigenvalue weighted by Gasteiger charge is -2.13. The van der Waals surface area contributed by atoms with Gasteiger partial charge in [0, 0.05) is 0 Å². The maximum absolute atomic E-state index is 13.3. The first kappa shape index (κ1) is 22.4. The number of rotatable bonds is 6. The average molecular weight is 480 g/mol. The summed E-state index contributed by atoms with van der Waals surface area (Å²) in [6, 6.07) is 24.6. The van der Waals surface area contributed by atoms with Crippen molar-refractivity contribution in [3.8, 4) is 6.07 Å². The van der Waals surface area contributed by atoms with E-state index in [1.807, 2.05) is 73.7 Å². The van der Waals surface area contributed by atoms with Gasteiger partial charge in [0.05, 0.1) is 34.2 Å². The van der Waals surface area contributed by atoms with Crippen LogP contribution in [0.2, 0.25) is 0 Å². The molecule has 0 saturated heterocycles. The lowest BCUT2D eigenvalue weighted by atomic mass is 10.1. The highest BCUT2D eigenvalue weighted by Crippen LogP contribution is 2.25. The molecule has 8 heteroatoms. The molecule has 0 amide bonds. The third kappa shape index (κ3) is 4.54. The van der Waals surface area contributed by atoms with E-state index in [2.05, 4.69) is 9.97 Å². The quantitative estimate of drug-likeness (QED) is 0.150. The van der Waals surface area contributed by atoms with Crippen molar-refractivity contribution < 1.29 is 5.11 Å². The van der Waals surface area contributed by atoms with Gasteiger partial charge in [0.15, 0.2) is 11.0 Å². The topological polar surface area (TPSA) is 108 Å². The van der Waals surface area contributed by atoms with Crippen LogP contribution in [0.5, 0.6) is 0 Å². The molecule has 0 spiro atoms. The summed E-state index contributed by atoms with van der Waals surface area (Å²) in [6.45, 7) is 2.36. The van der Waals surface area contributed by atoms with Gasteiger partial charge in [-0.2, -0.15) is 5.26 Å². The molecule has 2 N–H and O–H groups in total. The molecule has 5 aromatic rings. The highest BCUT2D eigenvalue weighted by Gasteiger charge is 2.17. The van der Waals surface area contributed by atoms with Crippen molar-refractivity contribution in [1.29, 1.82) is 5.26 Å². The number of aromatic amines is 1. The third-order valence-electron chi connectivity index (χ3n) is 5.65. The van der Waals surface area contributed by atoms with Gasteiger partial charge in [0.25, 0.3) is 5.56 Å². The molecule has 2 heterocycles. The second-order valence-electron chi connectivity index (χ2n) is 8.11. The van der Waals surface area contributed by atoms with Crippen LogP contribution in [0.3, 0.4) is 0 Å². The molecule has 0 bridgehead atoms. The molecule has 7 nitrogen and oxygen atoms in total. The molecule has 0 saturated carbocycles. The zero-order chi connectivity index (χ0) is 24.4. The number of aromatic nitrogens is 4. The van der Waals surface area contributed by atoms with Crippen LogP contribution in [0, 0.1) is 18.3 Å². The molecule has 0 aliphatic heterocycles. The second kappa shape index (κ2) is 9.49. The highest BCUT2D eigenvalue weighted by molar-refractivity contribution is 7.99. The van der Waals surface area contributed by atoms with Crippen LogP contribution in [-0.2, 0) is 6.54 Å². The number of aryl methyl sites for hydroxylation is 1. The summed E-state index contributed by atoms with van der Waals surface area (Å²) in [6.07, 6.45) is 0. The van der Waals surface area contributed by atoms with Crippen LogP contribution in [0.15, 0.2) is 88.5 Å². The van der Waals surface area contributed by atoms with Crippen LogP contribution in [0.25, 0.3) is 27.5 Å². The van der Waals surface area contributed by atoms with E-state index in [1.165, 1.54) is 11.8 Å². The SMILES string of the molecule is Cc1ccc(Cn2c(SC/C(O)=C(\C#N)c3nc4ccccc4[nH]3)nc3ccccc3c2=O)cc1. The van der Waals surface area contributed by atoms with Crippen LogP contribution < -0.4 is 5.56 Å². The number of hydrogen-bond acceptors (Lipinski definition) is 6. The van der Waals surface area contributed by atoms with E-state index in [0.717, 1.165) is 16.6 Å². The number of allylic oxidation sites excluding steroid dienone is 1. The van der Waals surface area contributed by atoms with E-state index in [4.69, 9.17) is 4.98 Å². The number of benzene rings is 3. The second-order valence-corrected chi connectivity index (χ2v) is 9.06. The Balaban J connectivity index is 1.51. The summed E-state index contributed by atoms with van der Waals surface area (Å²) in [5.74, 6) is 0.217. The number of hydrogen-bond donors (Lipinski definition) is 2. The number of imidazole rings is 1. The van der Waals surface area contributed by atoms with Crippen molar-refractivity contribution in [2.75, 3.05) is 5.75 Å². The molecule has 0 radical (unpaired) electrons. The third-order valence-corrected chi connectivity index (χ3v) is 6.64. The number of thioether (sulfide) groups is 1. The fourth-order valence-electron chi connectivity index (χ4n) is 3.80. The van der Waals surface area contributed by atoms with Crippen molar-refractivity contribution in [1.82, 2.24) is 19.5 Å². The van der Waals surface area contributed by atoms with Gasteiger partial charge < -0.3 is 10.1 Å². The van der Waals surface area contributed by atoms with Gasteiger partial charge in [-0.25, -0.2) is 9.97 Å². The molecular formula is C27H21N5O2S. The number of H-pyrrole nitrogens is 1. The van der Waals surface area contributed by atoms with Crippen LogP contribution in [0.4, 0.5) is 0 Å². The Bertz CT molecular complexity index is 1640. The monoisotopic (exact) mass is 479 g/mol. The van der Waals surface area contributed by atoms with Gasteiger partial charge in [0.2, 0.25) is 0 Å². The number of aliphatic hydroxyl groups is 1. The van der Waals surface area contributed by atoms with Gasteiger partial charge in [-0.05, 0) is 36.8 Å². The van der Waals surface area contributed by atoms with Crippen molar-refractivity contribution >= 4 is 39.3 Å². The Morgan fingerprint density at radius 1 is 1.03 bits per heavy atom. The standard InChI is InChI=1S/C27H21N5O2S/c1-17-10-12-18(13-11-17)15-32-26(34)19-6-2-3-7-21(19)31-27(32)35-16-24(33)20(14-28)25-29-22-8-4-5-9-23(22)30-25/h2-13,33H,15-16H2,1H3,(H,29,30)/b24-20-. The number of nitrogens with one attached hydrogen (secondary N) is 1. The molecule has 3 aromatic carbocycles. The Morgan fingerprint density at radius 2 is 1.74 bits per heavy atom. The van der Waals surface area contributed by atoms with Gasteiger partial charge >= 0.3 is 0 Å². The molecule has 0 aliphatic rings. The lowest BCUT2D eigenvalue weighted by Crippen LogP contribution is -2.24. The summed E-state index contributed by atoms with van der Waals surface area (Å²) in [4.78, 5) is 25.5. The first-order valence-electron chi connectivity index (χ1n) is 11.0. The van der Waals surface area contributed by atoms with Gasteiger partial charge in [0.1, 0.15) is 17.4 Å². The first-order chi connectivity index (χ1) is 17.0. The number of aliphatic hydroxyl groups excluding tert-OH is 1. The van der Waals surface area contributed by atoms with Crippen LogP contribution >= 0.6 is 11.8 Å². The minimum atomic E-state index is -0.153. The minimum absolute atomic E-state index is 0.0542. The van der Waals surface area contributed by atoms with E-state index in [0.29, 0.717) is 33.9 Å². The van der Waals surface area contributed by atoms with E-state index in [-0.39, 0.29) is 22.6 Å². The van der Waals surface area contributed by atoms with Crippen LogP contribution in [-0.4, -0.2) is 30.4 Å². The fourth-order valence-corrected chi connectivity index (χ4v) is 4.68. The lowest BCUT2D eigenvalue weighted by molar-refractivity contribution is 0.420. The Morgan fingerprint density at radius 3 is 2.49 bits per heavy atom. The average Bonchev–Trinajstić information content (AvgIpc) is 3.30. The van der Waals surface area contributed by atoms with E-state index < -0.39 is 0 Å². The number of para-hydroxylation sites is 3. The largest absolute Gasteiger partial charge is 0.510 e. The maximum atomic E-state index is 13.3. The molecule has 0 atom stereocenters. The van der Waals surface area contributed by atoms with E-state index in [9.17, 15) is 15.2 Å². The van der Waals surface area contributed by atoms with Gasteiger partial charge in [-0.15, -0.1) is 0 Å². The first-order valence-corrected chi connectivity index (χ1v) is 12.0. The molecule has 0 unspecified atom stereocenters. The van der Waals surface area contributed by atoms with Gasteiger partial charge in [-0.3, -0.25) is 9.36 Å². The predicted octanol–water partition coefficient (Wildman–Crippen LogP) is 5.21. The van der Waals surface area contributed by atoms with Crippen molar-refractivity contribution in [3.05, 3.63) is 106 Å². The summed E-state index contributed by atoms with van der Waals surface area (Å²) in [5.41, 5.74) is 4.08. The number of nitriles is 1. The predicted molar refractivity (Wildman–Crippen MR) is 138 cm³/mol.